The van der Waals surface area contributed by atoms with Crippen molar-refractivity contribution >= 4 is 46.7 Å². The molecule has 1 aliphatic heterocycles. The van der Waals surface area contributed by atoms with Crippen molar-refractivity contribution in [3.63, 3.8) is 0 Å². The molecule has 1 aromatic carbocycles. The first-order valence-electron chi connectivity index (χ1n) is 10.7. The number of ether oxygens (including phenoxy) is 1. The van der Waals surface area contributed by atoms with Crippen LogP contribution in [0.2, 0.25) is 10.0 Å². The molecule has 0 aliphatic carbocycles. The summed E-state index contributed by atoms with van der Waals surface area (Å²) < 4.78 is 5.45. The van der Waals surface area contributed by atoms with E-state index in [9.17, 15) is 24.3 Å². The minimum Gasteiger partial charge on any atom is -0.478 e. The zero-order valence-electron chi connectivity index (χ0n) is 19.0. The van der Waals surface area contributed by atoms with Crippen LogP contribution in [-0.2, 0) is 23.9 Å². The third kappa shape index (κ3) is 5.84. The van der Waals surface area contributed by atoms with Crippen LogP contribution in [0.25, 0.3) is 0 Å². The van der Waals surface area contributed by atoms with Gasteiger partial charge in [0.25, 0.3) is 0 Å². The van der Waals surface area contributed by atoms with Crippen molar-refractivity contribution < 1.29 is 29.0 Å². The number of ketones is 2. The molecule has 0 saturated heterocycles. The van der Waals surface area contributed by atoms with Crippen molar-refractivity contribution in [3.8, 4) is 0 Å². The monoisotopic (exact) mass is 495 g/mol. The lowest BCUT2D eigenvalue weighted by Gasteiger charge is -2.31. The number of nitrogens with one attached hydrogen (secondary N) is 1. The normalized spacial score (nSPS) is 16.0. The van der Waals surface area contributed by atoms with Crippen molar-refractivity contribution in [2.24, 2.45) is 0 Å². The number of carbonyl (C=O) groups is 4. The van der Waals surface area contributed by atoms with Gasteiger partial charge >= 0.3 is 11.9 Å². The first kappa shape index (κ1) is 26.6. The summed E-state index contributed by atoms with van der Waals surface area (Å²) in [4.78, 5) is 50.7. The lowest BCUT2D eigenvalue weighted by molar-refractivity contribution is -0.157. The van der Waals surface area contributed by atoms with Gasteiger partial charge in [-0.3, -0.25) is 9.59 Å². The molecule has 0 bridgehead atoms. The standard InChI is InChI=1S/C24H27Cl2NO6/c1-5-8-16(28)22(17(29)9-6-2)33-24(32)19-13(4)27-12(3)18(23(30)31)20(19)14-10-7-11-15(25)21(14)26/h7,10-11,20,22,27H,5-6,8-9H2,1-4H3,(H,30,31)/t20-/m1/s1. The molecule has 0 amide bonds. The zero-order chi connectivity index (χ0) is 24.9. The van der Waals surface area contributed by atoms with Gasteiger partial charge in [0.2, 0.25) is 6.10 Å². The summed E-state index contributed by atoms with van der Waals surface area (Å²) in [7, 11) is 0. The fourth-order valence-electron chi connectivity index (χ4n) is 3.84. The highest BCUT2D eigenvalue weighted by atomic mass is 35.5. The number of carboxylic acid groups (broad SMARTS) is 1. The molecule has 7 nitrogen and oxygen atoms in total. The second-order valence-corrected chi connectivity index (χ2v) is 8.59. The summed E-state index contributed by atoms with van der Waals surface area (Å²) in [5, 5.41) is 13.1. The van der Waals surface area contributed by atoms with Crippen molar-refractivity contribution in [1.82, 2.24) is 5.32 Å². The zero-order valence-corrected chi connectivity index (χ0v) is 20.5. The van der Waals surface area contributed by atoms with Crippen LogP contribution in [-0.4, -0.2) is 34.7 Å². The maximum atomic E-state index is 13.4. The van der Waals surface area contributed by atoms with E-state index >= 15 is 0 Å². The van der Waals surface area contributed by atoms with Gasteiger partial charge < -0.3 is 15.2 Å². The topological polar surface area (TPSA) is 110 Å². The molecule has 2 N–H and O–H groups in total. The maximum Gasteiger partial charge on any atom is 0.337 e. The van der Waals surface area contributed by atoms with E-state index in [1.54, 1.807) is 45.9 Å². The smallest absolute Gasteiger partial charge is 0.337 e. The van der Waals surface area contributed by atoms with E-state index < -0.39 is 35.5 Å². The largest absolute Gasteiger partial charge is 0.478 e. The number of rotatable bonds is 10. The summed E-state index contributed by atoms with van der Waals surface area (Å²) in [5.74, 6) is -4.33. The van der Waals surface area contributed by atoms with Gasteiger partial charge in [0.05, 0.1) is 27.1 Å². The molecule has 9 heteroatoms. The van der Waals surface area contributed by atoms with Crippen LogP contribution in [0.4, 0.5) is 0 Å². The Bertz CT molecular complexity index is 1030. The summed E-state index contributed by atoms with van der Waals surface area (Å²) in [6.07, 6.45) is -0.421. The molecule has 33 heavy (non-hydrogen) atoms. The van der Waals surface area contributed by atoms with E-state index in [0.717, 1.165) is 0 Å². The molecule has 0 aromatic heterocycles. The molecule has 0 unspecified atom stereocenters. The maximum absolute atomic E-state index is 13.4. The number of aliphatic carboxylic acids is 1. The first-order valence-corrected chi connectivity index (χ1v) is 11.4. The van der Waals surface area contributed by atoms with Gasteiger partial charge in [0, 0.05) is 24.2 Å². The Morgan fingerprint density at radius 2 is 1.55 bits per heavy atom. The summed E-state index contributed by atoms with van der Waals surface area (Å²) in [6, 6.07) is 4.71. The van der Waals surface area contributed by atoms with Crippen LogP contribution in [0, 0.1) is 0 Å². The van der Waals surface area contributed by atoms with E-state index in [2.05, 4.69) is 5.32 Å². The highest BCUT2D eigenvalue weighted by Gasteiger charge is 2.40. The van der Waals surface area contributed by atoms with Gasteiger partial charge in [-0.05, 0) is 38.3 Å². The molecule has 0 spiro atoms. The fraction of sp³-hybridized carbons (Fsp3) is 0.417. The van der Waals surface area contributed by atoms with Crippen LogP contribution in [0.3, 0.4) is 0 Å². The average Bonchev–Trinajstić information content (AvgIpc) is 2.73. The molecule has 1 aromatic rings. The number of esters is 1. The SMILES string of the molecule is CCCC(=O)C(OC(=O)C1=C(C)NC(C)=C(C(=O)O)[C@H]1c1cccc(Cl)c1Cl)C(=O)CCC. The van der Waals surface area contributed by atoms with Gasteiger partial charge in [0.15, 0.2) is 11.6 Å². The van der Waals surface area contributed by atoms with Crippen molar-refractivity contribution in [1.29, 1.82) is 0 Å². The Labute approximate surface area is 202 Å². The number of hydrogen-bond acceptors (Lipinski definition) is 6. The minimum atomic E-state index is -1.55. The number of benzene rings is 1. The highest BCUT2D eigenvalue weighted by Crippen LogP contribution is 2.43. The Morgan fingerprint density at radius 3 is 2.06 bits per heavy atom. The predicted octanol–water partition coefficient (Wildman–Crippen LogP) is 4.96. The third-order valence-corrected chi connectivity index (χ3v) is 6.14. The molecular formula is C24H27Cl2NO6. The Balaban J connectivity index is 2.60. The Hall–Kier alpha value is -2.64. The molecule has 2 rings (SSSR count). The quantitative estimate of drug-likeness (QED) is 0.348. The van der Waals surface area contributed by atoms with E-state index in [1.807, 2.05) is 0 Å². The van der Waals surface area contributed by atoms with Crippen molar-refractivity contribution in [2.75, 3.05) is 0 Å². The molecule has 0 radical (unpaired) electrons. The van der Waals surface area contributed by atoms with Gasteiger partial charge in [-0.1, -0.05) is 49.2 Å². The third-order valence-electron chi connectivity index (χ3n) is 5.31. The highest BCUT2D eigenvalue weighted by molar-refractivity contribution is 6.42. The predicted molar refractivity (Wildman–Crippen MR) is 125 cm³/mol. The van der Waals surface area contributed by atoms with Gasteiger partial charge in [0.1, 0.15) is 0 Å². The van der Waals surface area contributed by atoms with E-state index in [1.165, 1.54) is 0 Å². The van der Waals surface area contributed by atoms with Crippen LogP contribution in [0.1, 0.15) is 64.9 Å². The van der Waals surface area contributed by atoms with Gasteiger partial charge in [-0.25, -0.2) is 9.59 Å². The van der Waals surface area contributed by atoms with Crippen LogP contribution in [0.15, 0.2) is 40.7 Å². The number of halogens is 2. The second kappa shape index (κ2) is 11.5. The molecule has 178 valence electrons. The number of allylic oxidation sites excluding steroid dienone is 2. The van der Waals surface area contributed by atoms with Gasteiger partial charge in [-0.15, -0.1) is 0 Å². The molecule has 1 atom stereocenters. The summed E-state index contributed by atoms with van der Waals surface area (Å²) >= 11 is 12.6. The molecule has 1 heterocycles. The average molecular weight is 496 g/mol. The molecule has 0 fully saturated rings. The van der Waals surface area contributed by atoms with E-state index in [-0.39, 0.29) is 34.0 Å². The number of carboxylic acids is 1. The fourth-order valence-corrected chi connectivity index (χ4v) is 4.26. The van der Waals surface area contributed by atoms with Crippen LogP contribution < -0.4 is 5.32 Å². The summed E-state index contributed by atoms with van der Waals surface area (Å²) in [6.45, 7) is 6.71. The first-order chi connectivity index (χ1) is 15.5. The number of hydrogen-bond donors (Lipinski definition) is 2. The minimum absolute atomic E-state index is 0.0548. The Kier molecular flexibility index (Phi) is 9.25. The second-order valence-electron chi connectivity index (χ2n) is 7.80. The Morgan fingerprint density at radius 1 is 1.00 bits per heavy atom. The summed E-state index contributed by atoms with van der Waals surface area (Å²) in [5.41, 5.74) is 0.769. The number of Topliss-reactive ketones (excluding diaryl/α,β-unsaturated/α-hetero) is 2. The molecule has 1 aliphatic rings. The van der Waals surface area contributed by atoms with Crippen molar-refractivity contribution in [3.05, 3.63) is 56.3 Å². The number of dihydropyridines is 1. The van der Waals surface area contributed by atoms with E-state index in [4.69, 9.17) is 27.9 Å². The van der Waals surface area contributed by atoms with Crippen molar-refractivity contribution in [2.45, 2.75) is 65.4 Å². The molecular weight excluding hydrogens is 469 g/mol. The van der Waals surface area contributed by atoms with Gasteiger partial charge in [-0.2, -0.15) is 0 Å². The lowest BCUT2D eigenvalue weighted by Crippen LogP contribution is -2.38. The van der Waals surface area contributed by atoms with Crippen LogP contribution in [0.5, 0.6) is 0 Å². The molecule has 0 saturated carbocycles. The van der Waals surface area contributed by atoms with Crippen LogP contribution >= 0.6 is 23.2 Å². The number of carbonyl (C=O) groups excluding carboxylic acids is 3. The lowest BCUT2D eigenvalue weighted by atomic mass is 9.80. The van der Waals surface area contributed by atoms with E-state index in [0.29, 0.717) is 29.8 Å².